The standard InChI is InChI=1S/C19H22ClNO3S/c1-5-6-9-21-12(2)18(13(3)23)25-19(21)16(11-22)15-10-14(20)7-8-17(15)24-4/h7-8,10-11H,5-6,9H2,1-4H3/b19-16+. The lowest BCUT2D eigenvalue weighted by Gasteiger charge is -2.23. The molecule has 0 bridgehead atoms. The molecule has 1 aromatic rings. The molecular weight excluding hydrogens is 358 g/mol. The number of thioether (sulfide) groups is 1. The summed E-state index contributed by atoms with van der Waals surface area (Å²) in [7, 11) is 1.56. The Kier molecular flexibility index (Phi) is 6.73. The molecule has 0 aliphatic carbocycles. The van der Waals surface area contributed by atoms with Gasteiger partial charge in [-0.1, -0.05) is 36.7 Å². The van der Waals surface area contributed by atoms with E-state index >= 15 is 0 Å². The largest absolute Gasteiger partial charge is 0.496 e. The van der Waals surface area contributed by atoms with Crippen LogP contribution in [0.4, 0.5) is 0 Å². The fourth-order valence-corrected chi connectivity index (χ4v) is 4.11. The molecule has 0 spiro atoms. The molecule has 0 radical (unpaired) electrons. The summed E-state index contributed by atoms with van der Waals surface area (Å²) in [6.45, 7) is 6.33. The van der Waals surface area contributed by atoms with E-state index in [0.717, 1.165) is 36.4 Å². The van der Waals surface area contributed by atoms with E-state index in [4.69, 9.17) is 16.3 Å². The number of aldehydes is 1. The normalized spacial score (nSPS) is 16.3. The number of hydrogen-bond donors (Lipinski definition) is 0. The second-order valence-electron chi connectivity index (χ2n) is 5.76. The van der Waals surface area contributed by atoms with Crippen LogP contribution in [0, 0.1) is 0 Å². The Morgan fingerprint density at radius 1 is 1.40 bits per heavy atom. The maximum absolute atomic E-state index is 12.0. The lowest BCUT2D eigenvalue weighted by atomic mass is 10.1. The molecule has 0 aromatic heterocycles. The van der Waals surface area contributed by atoms with E-state index in [1.165, 1.54) is 11.8 Å². The quantitative estimate of drug-likeness (QED) is 0.498. The number of ketones is 1. The third kappa shape index (κ3) is 4.10. The molecule has 0 amide bonds. The van der Waals surface area contributed by atoms with Crippen molar-refractivity contribution in [2.45, 2.75) is 33.6 Å². The van der Waals surface area contributed by atoms with Gasteiger partial charge in [0.1, 0.15) is 5.75 Å². The van der Waals surface area contributed by atoms with Gasteiger partial charge in [-0.25, -0.2) is 0 Å². The van der Waals surface area contributed by atoms with Crippen molar-refractivity contribution >= 4 is 41.0 Å². The Morgan fingerprint density at radius 2 is 2.12 bits per heavy atom. The second-order valence-corrected chi connectivity index (χ2v) is 7.19. The van der Waals surface area contributed by atoms with Crippen molar-refractivity contribution in [1.82, 2.24) is 4.90 Å². The number of ether oxygens (including phenoxy) is 1. The van der Waals surface area contributed by atoms with Crippen LogP contribution in [0.5, 0.6) is 5.75 Å². The van der Waals surface area contributed by atoms with Crippen molar-refractivity contribution in [3.63, 3.8) is 0 Å². The first kappa shape index (κ1) is 19.6. The fourth-order valence-electron chi connectivity index (χ4n) is 2.73. The smallest absolute Gasteiger partial charge is 0.168 e. The van der Waals surface area contributed by atoms with Gasteiger partial charge in [-0.2, -0.15) is 0 Å². The summed E-state index contributed by atoms with van der Waals surface area (Å²) in [5.41, 5.74) is 2.00. The Labute approximate surface area is 157 Å². The average Bonchev–Trinajstić information content (AvgIpc) is 2.91. The number of allylic oxidation sites excluding steroid dienone is 3. The minimum Gasteiger partial charge on any atom is -0.496 e. The molecule has 6 heteroatoms. The molecule has 0 N–H and O–H groups in total. The molecule has 4 nitrogen and oxygen atoms in total. The van der Waals surface area contributed by atoms with E-state index in [-0.39, 0.29) is 5.78 Å². The molecule has 0 saturated carbocycles. The number of benzene rings is 1. The zero-order valence-electron chi connectivity index (χ0n) is 14.9. The molecule has 2 rings (SSSR count). The molecule has 1 aliphatic heterocycles. The van der Waals surface area contributed by atoms with Crippen LogP contribution in [-0.4, -0.2) is 30.6 Å². The maximum Gasteiger partial charge on any atom is 0.168 e. The van der Waals surface area contributed by atoms with Gasteiger partial charge < -0.3 is 9.64 Å². The molecule has 0 atom stereocenters. The molecule has 0 saturated heterocycles. The summed E-state index contributed by atoms with van der Waals surface area (Å²) in [5.74, 6) is 0.575. The van der Waals surface area contributed by atoms with Crippen molar-refractivity contribution in [3.8, 4) is 5.75 Å². The molecule has 1 heterocycles. The SMILES string of the molecule is CCCCN1C(C)=C(C(C)=O)S/C1=C(\C=O)c1cc(Cl)ccc1OC. The van der Waals surface area contributed by atoms with Crippen LogP contribution in [0.3, 0.4) is 0 Å². The van der Waals surface area contributed by atoms with E-state index in [2.05, 4.69) is 11.8 Å². The predicted molar refractivity (Wildman–Crippen MR) is 104 cm³/mol. The lowest BCUT2D eigenvalue weighted by Crippen LogP contribution is -2.19. The second kappa shape index (κ2) is 8.59. The third-order valence-electron chi connectivity index (χ3n) is 4.03. The number of carbonyl (C=O) groups is 2. The topological polar surface area (TPSA) is 46.6 Å². The summed E-state index contributed by atoms with van der Waals surface area (Å²) < 4.78 is 5.40. The summed E-state index contributed by atoms with van der Waals surface area (Å²) >= 11 is 7.47. The molecule has 0 fully saturated rings. The molecule has 25 heavy (non-hydrogen) atoms. The van der Waals surface area contributed by atoms with Gasteiger partial charge in [0, 0.05) is 22.8 Å². The van der Waals surface area contributed by atoms with Gasteiger partial charge in [-0.05, 0) is 38.5 Å². The van der Waals surface area contributed by atoms with Crippen molar-refractivity contribution in [3.05, 3.63) is 44.4 Å². The highest BCUT2D eigenvalue weighted by Crippen LogP contribution is 2.46. The zero-order valence-corrected chi connectivity index (χ0v) is 16.5. The van der Waals surface area contributed by atoms with Crippen LogP contribution in [0.15, 0.2) is 33.8 Å². The van der Waals surface area contributed by atoms with Crippen molar-refractivity contribution in [2.75, 3.05) is 13.7 Å². The van der Waals surface area contributed by atoms with Crippen LogP contribution in [-0.2, 0) is 9.59 Å². The van der Waals surface area contributed by atoms with Gasteiger partial charge in [0.25, 0.3) is 0 Å². The first-order valence-corrected chi connectivity index (χ1v) is 9.34. The highest BCUT2D eigenvalue weighted by Gasteiger charge is 2.31. The Hall–Kier alpha value is -1.72. The van der Waals surface area contributed by atoms with Gasteiger partial charge in [-0.15, -0.1) is 0 Å². The predicted octanol–water partition coefficient (Wildman–Crippen LogP) is 4.89. The van der Waals surface area contributed by atoms with E-state index in [1.807, 2.05) is 6.92 Å². The monoisotopic (exact) mass is 379 g/mol. The summed E-state index contributed by atoms with van der Waals surface area (Å²) in [6.07, 6.45) is 2.80. The van der Waals surface area contributed by atoms with Gasteiger partial charge in [0.2, 0.25) is 0 Å². The van der Waals surface area contributed by atoms with Crippen LogP contribution < -0.4 is 4.74 Å². The summed E-state index contributed by atoms with van der Waals surface area (Å²) in [6, 6.07) is 5.18. The van der Waals surface area contributed by atoms with Crippen LogP contribution in [0.1, 0.15) is 39.2 Å². The van der Waals surface area contributed by atoms with E-state index in [1.54, 1.807) is 32.2 Å². The minimum atomic E-state index is 0.00214. The zero-order chi connectivity index (χ0) is 18.6. The number of nitrogens with zero attached hydrogens (tertiary/aromatic N) is 1. The maximum atomic E-state index is 12.0. The van der Waals surface area contributed by atoms with E-state index in [9.17, 15) is 9.59 Å². The van der Waals surface area contributed by atoms with E-state index in [0.29, 0.717) is 26.8 Å². The number of carbonyl (C=O) groups excluding carboxylic acids is 2. The van der Waals surface area contributed by atoms with Crippen LogP contribution in [0.25, 0.3) is 5.57 Å². The first-order chi connectivity index (χ1) is 11.9. The highest BCUT2D eigenvalue weighted by atomic mass is 35.5. The van der Waals surface area contributed by atoms with Crippen LogP contribution in [0.2, 0.25) is 5.02 Å². The van der Waals surface area contributed by atoms with Gasteiger partial charge in [0.15, 0.2) is 12.1 Å². The summed E-state index contributed by atoms with van der Waals surface area (Å²) in [5, 5.41) is 1.28. The molecule has 0 unspecified atom stereocenters. The van der Waals surface area contributed by atoms with Gasteiger partial charge in [-0.3, -0.25) is 9.59 Å². The summed E-state index contributed by atoms with van der Waals surface area (Å²) in [4.78, 5) is 26.7. The molecule has 134 valence electrons. The van der Waals surface area contributed by atoms with Gasteiger partial charge in [0.05, 0.1) is 22.6 Å². The van der Waals surface area contributed by atoms with Gasteiger partial charge >= 0.3 is 0 Å². The number of hydrogen-bond acceptors (Lipinski definition) is 5. The number of halogens is 1. The molecule has 1 aliphatic rings. The van der Waals surface area contributed by atoms with Crippen molar-refractivity contribution < 1.29 is 14.3 Å². The minimum absolute atomic E-state index is 0.00214. The Bertz CT molecular complexity index is 755. The number of rotatable bonds is 7. The number of Topliss-reactive ketones (excluding diaryl/α,β-unsaturated/α-hetero) is 1. The van der Waals surface area contributed by atoms with Crippen molar-refractivity contribution in [1.29, 1.82) is 0 Å². The lowest BCUT2D eigenvalue weighted by molar-refractivity contribution is -0.113. The first-order valence-electron chi connectivity index (χ1n) is 8.15. The Morgan fingerprint density at radius 3 is 2.68 bits per heavy atom. The average molecular weight is 380 g/mol. The Balaban J connectivity index is 2.62. The van der Waals surface area contributed by atoms with Crippen molar-refractivity contribution in [2.24, 2.45) is 0 Å². The van der Waals surface area contributed by atoms with Crippen LogP contribution >= 0.6 is 23.4 Å². The molecular formula is C19H22ClNO3S. The fraction of sp³-hybridized carbons (Fsp3) is 0.368. The number of unbranched alkanes of at least 4 members (excludes halogenated alkanes) is 1. The molecule has 1 aromatic carbocycles. The van der Waals surface area contributed by atoms with E-state index < -0.39 is 0 Å². The number of methoxy groups -OCH3 is 1. The third-order valence-corrected chi connectivity index (χ3v) is 5.69. The highest BCUT2D eigenvalue weighted by molar-refractivity contribution is 8.08.